The van der Waals surface area contributed by atoms with Gasteiger partial charge in [0.05, 0.1) is 18.9 Å². The molecular weight excluding hydrogens is 336 g/mol. The van der Waals surface area contributed by atoms with Crippen LogP contribution in [0.3, 0.4) is 0 Å². The molecule has 0 bridgehead atoms. The second kappa shape index (κ2) is 8.37. The van der Waals surface area contributed by atoms with Gasteiger partial charge in [0, 0.05) is 32.4 Å². The molecule has 2 N–H and O–H groups in total. The van der Waals surface area contributed by atoms with Crippen LogP contribution in [0.1, 0.15) is 13.3 Å². The van der Waals surface area contributed by atoms with E-state index in [0.29, 0.717) is 23.7 Å². The van der Waals surface area contributed by atoms with E-state index in [0.717, 1.165) is 39.3 Å². The highest BCUT2D eigenvalue weighted by molar-refractivity contribution is 6.00. The fraction of sp³-hybridized carbons (Fsp3) is 0.556. The van der Waals surface area contributed by atoms with Crippen molar-refractivity contribution in [2.75, 3.05) is 56.7 Å². The summed E-state index contributed by atoms with van der Waals surface area (Å²) in [7, 11) is 1.70. The molecule has 3 rings (SSSR count). The van der Waals surface area contributed by atoms with Crippen molar-refractivity contribution in [1.82, 2.24) is 10.2 Å². The lowest BCUT2D eigenvalue weighted by Gasteiger charge is -2.30. The number of nitrogens with zero attached hydrogens (tertiary/aromatic N) is 2. The van der Waals surface area contributed by atoms with E-state index in [1.165, 1.54) is 0 Å². The molecule has 1 aromatic carbocycles. The minimum Gasteiger partial charge on any atom is -0.479 e. The molecule has 0 saturated carbocycles. The maximum Gasteiger partial charge on any atom is 0.319 e. The summed E-state index contributed by atoms with van der Waals surface area (Å²) < 4.78 is 10.9. The fourth-order valence-electron chi connectivity index (χ4n) is 3.09. The van der Waals surface area contributed by atoms with Crippen molar-refractivity contribution in [2.24, 2.45) is 0 Å². The van der Waals surface area contributed by atoms with Gasteiger partial charge in [-0.25, -0.2) is 4.79 Å². The van der Waals surface area contributed by atoms with Gasteiger partial charge in [-0.2, -0.15) is 0 Å². The Labute approximate surface area is 153 Å². The van der Waals surface area contributed by atoms with Crippen molar-refractivity contribution >= 4 is 23.3 Å². The Morgan fingerprint density at radius 3 is 2.85 bits per heavy atom. The molecule has 0 aromatic heterocycles. The number of anilines is 2. The van der Waals surface area contributed by atoms with Crippen molar-refractivity contribution < 1.29 is 19.1 Å². The molecule has 1 atom stereocenters. The first kappa shape index (κ1) is 18.5. The summed E-state index contributed by atoms with van der Waals surface area (Å²) in [5.41, 5.74) is 1.27. The molecule has 0 spiro atoms. The normalized spacial score (nSPS) is 20.3. The highest BCUT2D eigenvalue weighted by Crippen LogP contribution is 2.35. The van der Waals surface area contributed by atoms with Crippen LogP contribution in [0.25, 0.3) is 0 Å². The van der Waals surface area contributed by atoms with Gasteiger partial charge in [-0.3, -0.25) is 9.69 Å². The molecular formula is C18H26N4O4. The first-order valence-electron chi connectivity index (χ1n) is 8.98. The lowest BCUT2D eigenvalue weighted by atomic mass is 10.2. The monoisotopic (exact) mass is 362 g/mol. The first-order chi connectivity index (χ1) is 12.5. The molecule has 2 heterocycles. The summed E-state index contributed by atoms with van der Waals surface area (Å²) in [5, 5.41) is 5.66. The van der Waals surface area contributed by atoms with Gasteiger partial charge in [0.25, 0.3) is 5.91 Å². The zero-order valence-corrected chi connectivity index (χ0v) is 15.3. The Hall–Kier alpha value is -2.32. The van der Waals surface area contributed by atoms with Crippen molar-refractivity contribution in [3.8, 4) is 5.75 Å². The van der Waals surface area contributed by atoms with Crippen LogP contribution in [0.2, 0.25) is 0 Å². The molecule has 142 valence electrons. The number of ether oxygens (including phenoxy) is 2. The third-order valence-corrected chi connectivity index (χ3v) is 4.60. The van der Waals surface area contributed by atoms with Gasteiger partial charge in [0.1, 0.15) is 5.75 Å². The average molecular weight is 362 g/mol. The van der Waals surface area contributed by atoms with Crippen LogP contribution in [-0.4, -0.2) is 69.4 Å². The van der Waals surface area contributed by atoms with Crippen LogP contribution in [0.5, 0.6) is 5.75 Å². The molecule has 0 radical (unpaired) electrons. The largest absolute Gasteiger partial charge is 0.479 e. The summed E-state index contributed by atoms with van der Waals surface area (Å²) in [6.45, 7) is 6.75. The van der Waals surface area contributed by atoms with Crippen LogP contribution in [-0.2, 0) is 9.53 Å². The number of likely N-dealkylation sites (N-methyl/N-ethyl adjacent to an activating group) is 1. The van der Waals surface area contributed by atoms with Crippen LogP contribution in [0, 0.1) is 0 Å². The van der Waals surface area contributed by atoms with Gasteiger partial charge >= 0.3 is 6.03 Å². The third kappa shape index (κ3) is 4.44. The smallest absolute Gasteiger partial charge is 0.319 e. The first-order valence-corrected chi connectivity index (χ1v) is 8.98. The number of rotatable bonds is 5. The Balaban J connectivity index is 1.46. The zero-order valence-electron chi connectivity index (χ0n) is 15.3. The molecule has 1 aromatic rings. The fourth-order valence-corrected chi connectivity index (χ4v) is 3.09. The number of amides is 3. The Morgan fingerprint density at radius 1 is 1.31 bits per heavy atom. The van der Waals surface area contributed by atoms with Crippen molar-refractivity contribution in [1.29, 1.82) is 0 Å². The van der Waals surface area contributed by atoms with Gasteiger partial charge in [-0.15, -0.1) is 0 Å². The second-order valence-electron chi connectivity index (χ2n) is 6.53. The average Bonchev–Trinajstić information content (AvgIpc) is 2.65. The third-order valence-electron chi connectivity index (χ3n) is 4.60. The molecule has 2 aliphatic rings. The van der Waals surface area contributed by atoms with E-state index in [1.807, 2.05) is 0 Å². The Kier molecular flexibility index (Phi) is 5.95. The topological polar surface area (TPSA) is 83.1 Å². The summed E-state index contributed by atoms with van der Waals surface area (Å²) in [6.07, 6.45) is 0.390. The number of hydrogen-bond acceptors (Lipinski definition) is 5. The summed E-state index contributed by atoms with van der Waals surface area (Å²) in [4.78, 5) is 28.0. The molecule has 2 aliphatic heterocycles. The summed E-state index contributed by atoms with van der Waals surface area (Å²) in [5.74, 6) is 0.526. The predicted molar refractivity (Wildman–Crippen MR) is 98.8 cm³/mol. The van der Waals surface area contributed by atoms with Crippen LogP contribution >= 0.6 is 0 Å². The SMILES string of the molecule is C[C@H]1Oc2ccc(NC(=O)NCCCN3CCOCC3)cc2N(C)C1=O. The Bertz CT molecular complexity index is 661. The highest BCUT2D eigenvalue weighted by atomic mass is 16.5. The number of carbonyl (C=O) groups excluding carboxylic acids is 2. The standard InChI is InChI=1S/C18H26N4O4/c1-13-17(23)21(2)15-12-14(4-5-16(15)26-13)20-18(24)19-6-3-7-22-8-10-25-11-9-22/h4-5,12-13H,3,6-11H2,1-2H3,(H2,19,20,24)/t13-/m1/s1. The zero-order chi connectivity index (χ0) is 18.5. The minimum atomic E-state index is -0.499. The van der Waals surface area contributed by atoms with Gasteiger partial charge in [-0.1, -0.05) is 0 Å². The quantitative estimate of drug-likeness (QED) is 0.771. The van der Waals surface area contributed by atoms with E-state index < -0.39 is 6.10 Å². The van der Waals surface area contributed by atoms with Gasteiger partial charge < -0.3 is 25.0 Å². The van der Waals surface area contributed by atoms with E-state index in [2.05, 4.69) is 15.5 Å². The van der Waals surface area contributed by atoms with Crippen molar-refractivity contribution in [2.45, 2.75) is 19.4 Å². The van der Waals surface area contributed by atoms with E-state index in [4.69, 9.17) is 9.47 Å². The molecule has 26 heavy (non-hydrogen) atoms. The van der Waals surface area contributed by atoms with E-state index in [9.17, 15) is 9.59 Å². The highest BCUT2D eigenvalue weighted by Gasteiger charge is 2.29. The molecule has 1 saturated heterocycles. The number of hydrogen-bond donors (Lipinski definition) is 2. The number of fused-ring (bicyclic) bond motifs is 1. The molecule has 3 amide bonds. The second-order valence-corrected chi connectivity index (χ2v) is 6.53. The van der Waals surface area contributed by atoms with E-state index in [-0.39, 0.29) is 11.9 Å². The predicted octanol–water partition coefficient (Wildman–Crippen LogP) is 1.27. The molecule has 8 heteroatoms. The van der Waals surface area contributed by atoms with Gasteiger partial charge in [0.2, 0.25) is 0 Å². The van der Waals surface area contributed by atoms with Gasteiger partial charge in [0.15, 0.2) is 6.10 Å². The van der Waals surface area contributed by atoms with E-state index >= 15 is 0 Å². The number of nitrogens with one attached hydrogen (secondary N) is 2. The van der Waals surface area contributed by atoms with Crippen molar-refractivity contribution in [3.63, 3.8) is 0 Å². The maximum absolute atomic E-state index is 12.1. The molecule has 0 unspecified atom stereocenters. The van der Waals surface area contributed by atoms with Crippen LogP contribution < -0.4 is 20.3 Å². The number of carbonyl (C=O) groups is 2. The minimum absolute atomic E-state index is 0.109. The lowest BCUT2D eigenvalue weighted by molar-refractivity contribution is -0.125. The summed E-state index contributed by atoms with van der Waals surface area (Å²) in [6, 6.07) is 5.02. The van der Waals surface area contributed by atoms with Gasteiger partial charge in [-0.05, 0) is 38.1 Å². The molecule has 8 nitrogen and oxygen atoms in total. The number of benzene rings is 1. The summed E-state index contributed by atoms with van der Waals surface area (Å²) >= 11 is 0. The van der Waals surface area contributed by atoms with E-state index in [1.54, 1.807) is 37.1 Å². The van der Waals surface area contributed by atoms with Crippen molar-refractivity contribution in [3.05, 3.63) is 18.2 Å². The maximum atomic E-state index is 12.1. The number of morpholine rings is 1. The molecule has 1 fully saturated rings. The Morgan fingerprint density at radius 2 is 2.08 bits per heavy atom. The molecule has 0 aliphatic carbocycles. The van der Waals surface area contributed by atoms with Crippen LogP contribution in [0.15, 0.2) is 18.2 Å². The lowest BCUT2D eigenvalue weighted by Crippen LogP contribution is -2.42. The number of urea groups is 1. The van der Waals surface area contributed by atoms with Crippen LogP contribution in [0.4, 0.5) is 16.2 Å².